The number of halogens is 2. The third-order valence-corrected chi connectivity index (χ3v) is 4.16. The second-order valence-corrected chi connectivity index (χ2v) is 5.72. The van der Waals surface area contributed by atoms with E-state index >= 15 is 0 Å². The second-order valence-electron chi connectivity index (χ2n) is 5.31. The molecule has 1 aliphatic carbocycles. The normalized spacial score (nSPS) is 20.1. The largest absolute Gasteiger partial charge is 0.352 e. The van der Waals surface area contributed by atoms with E-state index in [1.807, 2.05) is 24.3 Å². The Morgan fingerprint density at radius 1 is 1.19 bits per heavy atom. The predicted molar refractivity (Wildman–Crippen MR) is 80.5 cm³/mol. The molecule has 0 saturated heterocycles. The van der Waals surface area contributed by atoms with Gasteiger partial charge in [0.15, 0.2) is 0 Å². The van der Waals surface area contributed by atoms with Gasteiger partial charge in [-0.3, -0.25) is 4.79 Å². The third-order valence-electron chi connectivity index (χ3n) is 3.81. The van der Waals surface area contributed by atoms with Gasteiger partial charge in [0.05, 0.1) is 0 Å². The summed E-state index contributed by atoms with van der Waals surface area (Å²) in [6.07, 6.45) is 0.832. The lowest BCUT2D eigenvalue weighted by Gasteiger charge is -2.06. The molecule has 2 aromatic carbocycles. The highest BCUT2D eigenvalue weighted by atomic mass is 35.5. The number of rotatable bonds is 4. The number of hydrogen-bond donors (Lipinski definition) is 1. The quantitative estimate of drug-likeness (QED) is 0.912. The van der Waals surface area contributed by atoms with Gasteiger partial charge in [-0.25, -0.2) is 4.39 Å². The zero-order valence-electron chi connectivity index (χ0n) is 11.4. The molecule has 0 spiro atoms. The summed E-state index contributed by atoms with van der Waals surface area (Å²) in [6, 6.07) is 13.8. The van der Waals surface area contributed by atoms with Crippen LogP contribution in [0, 0.1) is 11.7 Å². The number of carbonyl (C=O) groups is 1. The van der Waals surface area contributed by atoms with E-state index in [9.17, 15) is 9.18 Å². The van der Waals surface area contributed by atoms with Crippen LogP contribution >= 0.6 is 11.6 Å². The number of hydrogen-bond acceptors (Lipinski definition) is 1. The topological polar surface area (TPSA) is 29.1 Å². The summed E-state index contributed by atoms with van der Waals surface area (Å²) in [7, 11) is 0. The standard InChI is InChI=1S/C17H15ClFNO/c18-16-4-2-1-3-13(16)14-9-15(14)17(21)20-10-11-5-7-12(19)8-6-11/h1-8,14-15H,9-10H2,(H,20,21). The molecule has 1 amide bonds. The molecule has 2 unspecified atom stereocenters. The summed E-state index contributed by atoms with van der Waals surface area (Å²) >= 11 is 6.15. The molecule has 4 heteroatoms. The predicted octanol–water partition coefficient (Wildman–Crippen LogP) is 3.90. The van der Waals surface area contributed by atoms with Crippen LogP contribution in [0.15, 0.2) is 48.5 Å². The molecule has 21 heavy (non-hydrogen) atoms. The summed E-state index contributed by atoms with van der Waals surface area (Å²) in [6.45, 7) is 0.421. The van der Waals surface area contributed by atoms with Crippen molar-refractivity contribution in [3.05, 3.63) is 70.5 Å². The van der Waals surface area contributed by atoms with Crippen LogP contribution in [0.25, 0.3) is 0 Å². The van der Waals surface area contributed by atoms with Gasteiger partial charge in [-0.05, 0) is 41.7 Å². The maximum Gasteiger partial charge on any atom is 0.224 e. The fraction of sp³-hybridized carbons (Fsp3) is 0.235. The van der Waals surface area contributed by atoms with Crippen LogP contribution in [-0.2, 0) is 11.3 Å². The van der Waals surface area contributed by atoms with Gasteiger partial charge in [-0.2, -0.15) is 0 Å². The Bertz CT molecular complexity index is 656. The Hall–Kier alpha value is -1.87. The number of carbonyl (C=O) groups excluding carboxylic acids is 1. The van der Waals surface area contributed by atoms with Crippen molar-refractivity contribution >= 4 is 17.5 Å². The minimum Gasteiger partial charge on any atom is -0.352 e. The van der Waals surface area contributed by atoms with E-state index in [4.69, 9.17) is 11.6 Å². The zero-order chi connectivity index (χ0) is 14.8. The fourth-order valence-corrected chi connectivity index (χ4v) is 2.80. The number of benzene rings is 2. The van der Waals surface area contributed by atoms with Gasteiger partial charge < -0.3 is 5.32 Å². The Morgan fingerprint density at radius 2 is 1.90 bits per heavy atom. The van der Waals surface area contributed by atoms with E-state index in [-0.39, 0.29) is 23.6 Å². The van der Waals surface area contributed by atoms with Gasteiger partial charge in [0.25, 0.3) is 0 Å². The summed E-state index contributed by atoms with van der Waals surface area (Å²) in [5, 5.41) is 3.61. The van der Waals surface area contributed by atoms with Crippen LogP contribution in [0.3, 0.4) is 0 Å². The van der Waals surface area contributed by atoms with Crippen molar-refractivity contribution in [1.82, 2.24) is 5.32 Å². The molecule has 2 atom stereocenters. The Morgan fingerprint density at radius 3 is 2.62 bits per heavy atom. The SMILES string of the molecule is O=C(NCc1ccc(F)cc1)C1CC1c1ccccc1Cl. The molecule has 1 aliphatic rings. The molecule has 1 saturated carbocycles. The first-order chi connectivity index (χ1) is 10.1. The van der Waals surface area contributed by atoms with Crippen LogP contribution < -0.4 is 5.32 Å². The molecule has 108 valence electrons. The minimum atomic E-state index is -0.272. The Labute approximate surface area is 127 Å². The first-order valence-corrected chi connectivity index (χ1v) is 7.29. The van der Waals surface area contributed by atoms with E-state index in [2.05, 4.69) is 5.32 Å². The first kappa shape index (κ1) is 14.1. The summed E-state index contributed by atoms with van der Waals surface area (Å²) < 4.78 is 12.8. The van der Waals surface area contributed by atoms with Crippen LogP contribution in [0.5, 0.6) is 0 Å². The lowest BCUT2D eigenvalue weighted by molar-refractivity contribution is -0.122. The summed E-state index contributed by atoms with van der Waals surface area (Å²) in [5.74, 6) is -0.0347. The van der Waals surface area contributed by atoms with Crippen LogP contribution in [0.4, 0.5) is 4.39 Å². The second kappa shape index (κ2) is 5.86. The highest BCUT2D eigenvalue weighted by Crippen LogP contribution is 2.49. The lowest BCUT2D eigenvalue weighted by Crippen LogP contribution is -2.24. The highest BCUT2D eigenvalue weighted by molar-refractivity contribution is 6.31. The minimum absolute atomic E-state index is 0.00894. The molecular weight excluding hydrogens is 289 g/mol. The van der Waals surface area contributed by atoms with Gasteiger partial charge in [0.2, 0.25) is 5.91 Å². The molecule has 1 fully saturated rings. The molecule has 0 aromatic heterocycles. The zero-order valence-corrected chi connectivity index (χ0v) is 12.1. The summed E-state index contributed by atoms with van der Waals surface area (Å²) in [5.41, 5.74) is 1.93. The van der Waals surface area contributed by atoms with Crippen LogP contribution in [0.1, 0.15) is 23.5 Å². The van der Waals surface area contributed by atoms with E-state index in [1.54, 1.807) is 12.1 Å². The molecular formula is C17H15ClFNO. The van der Waals surface area contributed by atoms with E-state index < -0.39 is 0 Å². The molecule has 0 aliphatic heterocycles. The van der Waals surface area contributed by atoms with Gasteiger partial charge in [-0.1, -0.05) is 41.9 Å². The van der Waals surface area contributed by atoms with E-state index in [0.29, 0.717) is 6.54 Å². The Kier molecular flexibility index (Phi) is 3.93. The summed E-state index contributed by atoms with van der Waals surface area (Å²) in [4.78, 5) is 12.1. The average Bonchev–Trinajstić information content (AvgIpc) is 3.27. The fourth-order valence-electron chi connectivity index (χ4n) is 2.53. The third kappa shape index (κ3) is 3.24. The van der Waals surface area contributed by atoms with Gasteiger partial charge in [0, 0.05) is 17.5 Å². The molecule has 0 bridgehead atoms. The average molecular weight is 304 g/mol. The molecule has 1 N–H and O–H groups in total. The van der Waals surface area contributed by atoms with Crippen LogP contribution in [-0.4, -0.2) is 5.91 Å². The number of amides is 1. The maximum absolute atomic E-state index is 12.8. The first-order valence-electron chi connectivity index (χ1n) is 6.92. The van der Waals surface area contributed by atoms with Crippen molar-refractivity contribution in [2.75, 3.05) is 0 Å². The van der Waals surface area contributed by atoms with Gasteiger partial charge >= 0.3 is 0 Å². The Balaban J connectivity index is 1.56. The van der Waals surface area contributed by atoms with Crippen molar-refractivity contribution in [3.63, 3.8) is 0 Å². The number of nitrogens with one attached hydrogen (secondary N) is 1. The molecule has 3 rings (SSSR count). The van der Waals surface area contributed by atoms with Crippen molar-refractivity contribution in [2.24, 2.45) is 5.92 Å². The van der Waals surface area contributed by atoms with Crippen molar-refractivity contribution in [2.45, 2.75) is 18.9 Å². The van der Waals surface area contributed by atoms with E-state index in [1.165, 1.54) is 12.1 Å². The van der Waals surface area contributed by atoms with Gasteiger partial charge in [0.1, 0.15) is 5.82 Å². The van der Waals surface area contributed by atoms with Crippen molar-refractivity contribution in [1.29, 1.82) is 0 Å². The van der Waals surface area contributed by atoms with E-state index in [0.717, 1.165) is 22.6 Å². The smallest absolute Gasteiger partial charge is 0.224 e. The van der Waals surface area contributed by atoms with Gasteiger partial charge in [-0.15, -0.1) is 0 Å². The molecule has 0 radical (unpaired) electrons. The molecule has 2 aromatic rings. The maximum atomic E-state index is 12.8. The van der Waals surface area contributed by atoms with Crippen molar-refractivity contribution < 1.29 is 9.18 Å². The molecule has 0 heterocycles. The molecule has 2 nitrogen and oxygen atoms in total. The van der Waals surface area contributed by atoms with Crippen LogP contribution in [0.2, 0.25) is 5.02 Å². The monoisotopic (exact) mass is 303 g/mol. The van der Waals surface area contributed by atoms with Crippen molar-refractivity contribution in [3.8, 4) is 0 Å². The highest BCUT2D eigenvalue weighted by Gasteiger charge is 2.44. The lowest BCUT2D eigenvalue weighted by atomic mass is 10.1.